The predicted octanol–water partition coefficient (Wildman–Crippen LogP) is 1.58. The molecule has 0 aliphatic heterocycles. The summed E-state index contributed by atoms with van der Waals surface area (Å²) >= 11 is 0. The highest BCUT2D eigenvalue weighted by atomic mass is 14.9. The number of nitrogens with one attached hydrogen (secondary N) is 1. The van der Waals surface area contributed by atoms with Crippen molar-refractivity contribution in [2.75, 3.05) is 12.8 Å². The van der Waals surface area contributed by atoms with Crippen molar-refractivity contribution in [3.63, 3.8) is 0 Å². The van der Waals surface area contributed by atoms with Gasteiger partial charge in [-0.05, 0) is 19.0 Å². The highest BCUT2D eigenvalue weighted by Crippen LogP contribution is 2.24. The third-order valence-corrected chi connectivity index (χ3v) is 2.20. The Hall–Kier alpha value is -1.09. The van der Waals surface area contributed by atoms with Crippen molar-refractivity contribution in [3.8, 4) is 0 Å². The van der Waals surface area contributed by atoms with Crippen LogP contribution in [0.2, 0.25) is 0 Å². The van der Waals surface area contributed by atoms with Gasteiger partial charge in [-0.3, -0.25) is 4.98 Å². The summed E-state index contributed by atoms with van der Waals surface area (Å²) in [5, 5.41) is 3.24. The van der Waals surface area contributed by atoms with Gasteiger partial charge in [0.2, 0.25) is 0 Å². The Balaban J connectivity index is 2.97. The Labute approximate surface area is 79.4 Å². The fraction of sp³-hybridized carbons (Fsp3) is 0.500. The minimum absolute atomic E-state index is 0.286. The molecule has 0 fully saturated rings. The number of rotatable bonds is 3. The predicted molar refractivity (Wildman–Crippen MR) is 55.3 cm³/mol. The Bertz CT molecular complexity index is 271. The molecule has 1 aromatic rings. The van der Waals surface area contributed by atoms with Gasteiger partial charge in [0.15, 0.2) is 0 Å². The SMILES string of the molecule is CNC(c1cnccc1N)C(C)C. The molecule has 0 saturated carbocycles. The van der Waals surface area contributed by atoms with Crippen molar-refractivity contribution < 1.29 is 0 Å². The van der Waals surface area contributed by atoms with Gasteiger partial charge >= 0.3 is 0 Å². The highest BCUT2D eigenvalue weighted by Gasteiger charge is 2.15. The average Bonchev–Trinajstić information content (AvgIpc) is 2.09. The molecule has 0 bridgehead atoms. The summed E-state index contributed by atoms with van der Waals surface area (Å²) in [4.78, 5) is 4.08. The van der Waals surface area contributed by atoms with Crippen LogP contribution in [0.3, 0.4) is 0 Å². The normalized spacial score (nSPS) is 13.2. The molecule has 0 aliphatic rings. The van der Waals surface area contributed by atoms with Gasteiger partial charge in [0.05, 0.1) is 0 Å². The third-order valence-electron chi connectivity index (χ3n) is 2.20. The van der Waals surface area contributed by atoms with Crippen LogP contribution in [0.1, 0.15) is 25.5 Å². The molecule has 0 amide bonds. The van der Waals surface area contributed by atoms with Crippen LogP contribution < -0.4 is 11.1 Å². The summed E-state index contributed by atoms with van der Waals surface area (Å²) in [6.07, 6.45) is 3.54. The topological polar surface area (TPSA) is 50.9 Å². The Morgan fingerprint density at radius 1 is 1.46 bits per heavy atom. The molecular formula is C10H17N3. The van der Waals surface area contributed by atoms with Crippen LogP contribution >= 0.6 is 0 Å². The number of hydrogen-bond donors (Lipinski definition) is 2. The van der Waals surface area contributed by atoms with Crippen LogP contribution in [0.5, 0.6) is 0 Å². The monoisotopic (exact) mass is 179 g/mol. The smallest absolute Gasteiger partial charge is 0.0393 e. The number of nitrogens with zero attached hydrogens (tertiary/aromatic N) is 1. The lowest BCUT2D eigenvalue weighted by atomic mass is 9.96. The minimum atomic E-state index is 0.286. The van der Waals surface area contributed by atoms with Gasteiger partial charge in [-0.2, -0.15) is 0 Å². The van der Waals surface area contributed by atoms with E-state index in [-0.39, 0.29) is 6.04 Å². The molecule has 1 atom stereocenters. The molecule has 0 aromatic carbocycles. The van der Waals surface area contributed by atoms with Gasteiger partial charge in [-0.25, -0.2) is 0 Å². The second-order valence-corrected chi connectivity index (χ2v) is 3.51. The van der Waals surface area contributed by atoms with Gasteiger partial charge in [-0.1, -0.05) is 13.8 Å². The maximum absolute atomic E-state index is 5.85. The zero-order valence-corrected chi connectivity index (χ0v) is 8.41. The molecule has 1 rings (SSSR count). The van der Waals surface area contributed by atoms with Gasteiger partial charge in [0.1, 0.15) is 0 Å². The summed E-state index contributed by atoms with van der Waals surface area (Å²) in [5.74, 6) is 0.511. The largest absolute Gasteiger partial charge is 0.398 e. The van der Waals surface area contributed by atoms with Crippen LogP contribution in [0.25, 0.3) is 0 Å². The molecule has 0 aliphatic carbocycles. The van der Waals surface area contributed by atoms with Gasteiger partial charge in [0.25, 0.3) is 0 Å². The third kappa shape index (κ3) is 2.18. The standard InChI is InChI=1S/C10H17N3/c1-7(2)10(12-3)8-6-13-5-4-9(8)11/h4-7,10,12H,1-3H3,(H2,11,13). The zero-order valence-electron chi connectivity index (χ0n) is 8.41. The summed E-state index contributed by atoms with van der Waals surface area (Å²) in [5.41, 5.74) is 7.75. The lowest BCUT2D eigenvalue weighted by Crippen LogP contribution is -2.22. The van der Waals surface area contributed by atoms with Crippen LogP contribution in [0.15, 0.2) is 18.5 Å². The first-order valence-corrected chi connectivity index (χ1v) is 4.53. The molecule has 3 nitrogen and oxygen atoms in total. The fourth-order valence-electron chi connectivity index (χ4n) is 1.53. The second kappa shape index (κ2) is 4.23. The molecule has 0 saturated heterocycles. The number of anilines is 1. The number of nitrogen functional groups attached to an aromatic ring is 1. The highest BCUT2D eigenvalue weighted by molar-refractivity contribution is 5.46. The van der Waals surface area contributed by atoms with Crippen LogP contribution in [0.4, 0.5) is 5.69 Å². The Kier molecular flexibility index (Phi) is 3.25. The van der Waals surface area contributed by atoms with E-state index in [0.717, 1.165) is 11.3 Å². The molecule has 3 heteroatoms. The van der Waals surface area contributed by atoms with E-state index in [9.17, 15) is 0 Å². The molecular weight excluding hydrogens is 162 g/mol. The van der Waals surface area contributed by atoms with E-state index >= 15 is 0 Å². The van der Waals surface area contributed by atoms with Gasteiger partial charge < -0.3 is 11.1 Å². The van der Waals surface area contributed by atoms with Crippen LogP contribution in [0, 0.1) is 5.92 Å². The molecule has 3 N–H and O–H groups in total. The summed E-state index contributed by atoms with van der Waals surface area (Å²) in [7, 11) is 1.94. The van der Waals surface area contributed by atoms with E-state index in [2.05, 4.69) is 24.1 Å². The average molecular weight is 179 g/mol. The van der Waals surface area contributed by atoms with Crippen molar-refractivity contribution in [3.05, 3.63) is 24.0 Å². The molecule has 13 heavy (non-hydrogen) atoms. The van der Waals surface area contributed by atoms with Crippen molar-refractivity contribution in [2.45, 2.75) is 19.9 Å². The quantitative estimate of drug-likeness (QED) is 0.740. The first-order valence-electron chi connectivity index (χ1n) is 4.53. The van der Waals surface area contributed by atoms with E-state index in [4.69, 9.17) is 5.73 Å². The molecule has 1 unspecified atom stereocenters. The first kappa shape index (κ1) is 9.99. The summed E-state index contributed by atoms with van der Waals surface area (Å²) in [6, 6.07) is 2.12. The van der Waals surface area contributed by atoms with Crippen molar-refractivity contribution in [1.82, 2.24) is 10.3 Å². The number of nitrogens with two attached hydrogens (primary N) is 1. The molecule has 0 spiro atoms. The summed E-state index contributed by atoms with van der Waals surface area (Å²) in [6.45, 7) is 4.32. The van der Waals surface area contributed by atoms with E-state index in [1.54, 1.807) is 6.20 Å². The van der Waals surface area contributed by atoms with E-state index < -0.39 is 0 Å². The molecule has 1 heterocycles. The van der Waals surface area contributed by atoms with Crippen molar-refractivity contribution >= 4 is 5.69 Å². The lowest BCUT2D eigenvalue weighted by molar-refractivity contribution is 0.443. The van der Waals surface area contributed by atoms with Gasteiger partial charge in [0, 0.05) is 29.7 Å². The maximum Gasteiger partial charge on any atom is 0.0393 e. The summed E-state index contributed by atoms with van der Waals surface area (Å²) < 4.78 is 0. The molecule has 1 aromatic heterocycles. The first-order chi connectivity index (χ1) is 6.16. The Morgan fingerprint density at radius 3 is 2.62 bits per heavy atom. The van der Waals surface area contributed by atoms with Crippen LogP contribution in [-0.4, -0.2) is 12.0 Å². The van der Waals surface area contributed by atoms with Crippen molar-refractivity contribution in [2.24, 2.45) is 5.92 Å². The Morgan fingerprint density at radius 2 is 2.15 bits per heavy atom. The molecule has 0 radical (unpaired) electrons. The van der Waals surface area contributed by atoms with E-state index in [1.807, 2.05) is 19.3 Å². The minimum Gasteiger partial charge on any atom is -0.398 e. The number of hydrogen-bond acceptors (Lipinski definition) is 3. The van der Waals surface area contributed by atoms with E-state index in [0.29, 0.717) is 5.92 Å². The molecule has 72 valence electrons. The lowest BCUT2D eigenvalue weighted by Gasteiger charge is -2.21. The van der Waals surface area contributed by atoms with Crippen LogP contribution in [-0.2, 0) is 0 Å². The maximum atomic E-state index is 5.85. The number of aromatic nitrogens is 1. The van der Waals surface area contributed by atoms with Crippen molar-refractivity contribution in [1.29, 1.82) is 0 Å². The fourth-order valence-corrected chi connectivity index (χ4v) is 1.53. The second-order valence-electron chi connectivity index (χ2n) is 3.51. The zero-order chi connectivity index (χ0) is 9.84. The number of pyridine rings is 1. The van der Waals surface area contributed by atoms with E-state index in [1.165, 1.54) is 0 Å². The van der Waals surface area contributed by atoms with Gasteiger partial charge in [-0.15, -0.1) is 0 Å².